The fourth-order valence-corrected chi connectivity index (χ4v) is 6.30. The molecule has 2 atom stereocenters. The number of nitrogens with zero attached hydrogens (tertiary/aromatic N) is 3. The smallest absolute Gasteiger partial charge is 0.268 e. The van der Waals surface area contributed by atoms with Crippen molar-refractivity contribution in [2.75, 3.05) is 19.8 Å². The quantitative estimate of drug-likeness (QED) is 0.493. The summed E-state index contributed by atoms with van der Waals surface area (Å²) in [5.74, 6) is -1.29. The zero-order chi connectivity index (χ0) is 26.6. The van der Waals surface area contributed by atoms with Crippen molar-refractivity contribution in [3.05, 3.63) is 58.3 Å². The molecule has 1 amide bonds. The van der Waals surface area contributed by atoms with Crippen LogP contribution in [0.4, 0.5) is 4.39 Å². The minimum Gasteiger partial charge on any atom is -0.506 e. The van der Waals surface area contributed by atoms with Gasteiger partial charge in [-0.15, -0.1) is 0 Å². The second-order valence-corrected chi connectivity index (χ2v) is 11.3. The van der Waals surface area contributed by atoms with Crippen LogP contribution in [0.1, 0.15) is 49.9 Å². The highest BCUT2D eigenvalue weighted by molar-refractivity contribution is 6.02. The molecular formula is C29H33FN4O4. The van der Waals surface area contributed by atoms with E-state index in [1.165, 1.54) is 16.7 Å². The fourth-order valence-electron chi connectivity index (χ4n) is 6.30. The van der Waals surface area contributed by atoms with Crippen molar-refractivity contribution >= 4 is 16.9 Å². The zero-order valence-electron chi connectivity index (χ0n) is 21.7. The SMILES string of the molecule is CCC1(C)CC(NC(=O)c2c(O)c3cc(-c4ccc(F)cc4)cnc3n(CCN3C4COCC3C4)c2=O)C1. The number of ether oxygens (including phenoxy) is 1. The number of morpholine rings is 1. The van der Waals surface area contributed by atoms with Crippen molar-refractivity contribution in [2.45, 2.75) is 64.2 Å². The van der Waals surface area contributed by atoms with E-state index < -0.39 is 11.5 Å². The number of amides is 1. The summed E-state index contributed by atoms with van der Waals surface area (Å²) in [7, 11) is 0. The number of carbonyl (C=O) groups excluding carboxylic acids is 1. The first-order chi connectivity index (χ1) is 18.3. The molecule has 8 nitrogen and oxygen atoms in total. The van der Waals surface area contributed by atoms with Crippen LogP contribution >= 0.6 is 0 Å². The van der Waals surface area contributed by atoms with E-state index in [0.29, 0.717) is 60.5 Å². The molecule has 3 aromatic rings. The molecule has 2 aromatic heterocycles. The molecule has 2 unspecified atom stereocenters. The topological polar surface area (TPSA) is 96.7 Å². The van der Waals surface area contributed by atoms with Gasteiger partial charge in [-0.05, 0) is 48.4 Å². The molecule has 1 aliphatic carbocycles. The van der Waals surface area contributed by atoms with Crippen LogP contribution in [-0.4, -0.2) is 63.3 Å². The van der Waals surface area contributed by atoms with E-state index in [2.05, 4.69) is 29.0 Å². The molecule has 0 spiro atoms. The first kappa shape index (κ1) is 25.0. The van der Waals surface area contributed by atoms with E-state index in [0.717, 1.165) is 25.7 Å². The van der Waals surface area contributed by atoms with Gasteiger partial charge in [0.15, 0.2) is 0 Å². The van der Waals surface area contributed by atoms with E-state index in [9.17, 15) is 19.1 Å². The summed E-state index contributed by atoms with van der Waals surface area (Å²) in [5, 5.41) is 14.5. The molecule has 6 rings (SSSR count). The number of hydrogen-bond donors (Lipinski definition) is 2. The Balaban J connectivity index is 1.38. The number of benzene rings is 1. The number of hydrogen-bond acceptors (Lipinski definition) is 6. The molecule has 200 valence electrons. The number of aromatic hydroxyl groups is 1. The van der Waals surface area contributed by atoms with Gasteiger partial charge in [0.05, 0.1) is 18.6 Å². The summed E-state index contributed by atoms with van der Waals surface area (Å²) in [5.41, 5.74) is 1.07. The van der Waals surface area contributed by atoms with Crippen LogP contribution < -0.4 is 10.9 Å². The minimum atomic E-state index is -0.562. The molecule has 38 heavy (non-hydrogen) atoms. The van der Waals surface area contributed by atoms with Crippen molar-refractivity contribution in [2.24, 2.45) is 5.41 Å². The highest BCUT2D eigenvalue weighted by atomic mass is 19.1. The van der Waals surface area contributed by atoms with Crippen molar-refractivity contribution in [3.8, 4) is 16.9 Å². The van der Waals surface area contributed by atoms with E-state index in [1.807, 2.05) is 0 Å². The van der Waals surface area contributed by atoms with Crippen LogP contribution in [0.25, 0.3) is 22.2 Å². The van der Waals surface area contributed by atoms with Gasteiger partial charge in [-0.25, -0.2) is 9.37 Å². The van der Waals surface area contributed by atoms with E-state index in [4.69, 9.17) is 4.74 Å². The molecule has 0 radical (unpaired) electrons. The van der Waals surface area contributed by atoms with Crippen LogP contribution in [0.5, 0.6) is 5.75 Å². The lowest BCUT2D eigenvalue weighted by Gasteiger charge is -2.52. The van der Waals surface area contributed by atoms with Crippen LogP contribution in [0.15, 0.2) is 41.3 Å². The van der Waals surface area contributed by atoms with Crippen molar-refractivity contribution < 1.29 is 19.0 Å². The van der Waals surface area contributed by atoms with Crippen molar-refractivity contribution in [1.29, 1.82) is 0 Å². The number of fused-ring (bicyclic) bond motifs is 3. The number of rotatable bonds is 7. The molecule has 9 heteroatoms. The Morgan fingerprint density at radius 2 is 1.89 bits per heavy atom. The molecule has 2 N–H and O–H groups in total. The highest BCUT2D eigenvalue weighted by Crippen LogP contribution is 2.43. The molecule has 3 fully saturated rings. The lowest BCUT2D eigenvalue weighted by molar-refractivity contribution is -0.127. The molecule has 3 aliphatic rings. The average Bonchev–Trinajstić information content (AvgIpc) is 2.90. The number of pyridine rings is 2. The first-order valence-electron chi connectivity index (χ1n) is 13.4. The van der Waals surface area contributed by atoms with Crippen LogP contribution in [0.3, 0.4) is 0 Å². The molecule has 1 aromatic carbocycles. The summed E-state index contributed by atoms with van der Waals surface area (Å²) in [6, 6.07) is 8.35. The van der Waals surface area contributed by atoms with Crippen molar-refractivity contribution in [1.82, 2.24) is 19.8 Å². The summed E-state index contributed by atoms with van der Waals surface area (Å²) in [6.45, 7) is 6.66. The zero-order valence-corrected chi connectivity index (χ0v) is 21.7. The number of carbonyl (C=O) groups is 1. The maximum absolute atomic E-state index is 13.7. The van der Waals surface area contributed by atoms with Gasteiger partial charge in [0.25, 0.3) is 11.5 Å². The van der Waals surface area contributed by atoms with Crippen molar-refractivity contribution in [3.63, 3.8) is 0 Å². The maximum Gasteiger partial charge on any atom is 0.268 e. The number of nitrogens with one attached hydrogen (secondary N) is 1. The molecule has 2 saturated heterocycles. The number of aromatic nitrogens is 2. The molecule has 2 aliphatic heterocycles. The largest absolute Gasteiger partial charge is 0.506 e. The standard InChI is InChI=1S/C29H33FN4O4/c1-3-29(2)12-20(13-29)32-27(36)24-25(35)23-10-18(17-4-6-19(30)7-5-17)14-31-26(23)34(28(24)37)9-8-33-21-11-22(33)16-38-15-21/h4-7,10,14,20-22,35H,3,8-9,11-13,15-16H2,1-2H3,(H,32,36). The first-order valence-corrected chi connectivity index (χ1v) is 13.4. The van der Waals surface area contributed by atoms with Gasteiger partial charge in [-0.2, -0.15) is 0 Å². The van der Waals surface area contributed by atoms with E-state index in [1.54, 1.807) is 24.4 Å². The highest BCUT2D eigenvalue weighted by Gasteiger charge is 2.42. The Bertz CT molecular complexity index is 1430. The normalized spacial score (nSPS) is 26.6. The monoisotopic (exact) mass is 520 g/mol. The predicted molar refractivity (Wildman–Crippen MR) is 142 cm³/mol. The van der Waals surface area contributed by atoms with Gasteiger partial charge >= 0.3 is 0 Å². The van der Waals surface area contributed by atoms with Gasteiger partial charge in [-0.3, -0.25) is 19.1 Å². The van der Waals surface area contributed by atoms with E-state index >= 15 is 0 Å². The van der Waals surface area contributed by atoms with Gasteiger partial charge in [0, 0.05) is 43.0 Å². The lowest BCUT2D eigenvalue weighted by Crippen LogP contribution is -2.64. The van der Waals surface area contributed by atoms with Gasteiger partial charge in [0.1, 0.15) is 22.8 Å². The van der Waals surface area contributed by atoms with Crippen LogP contribution in [0.2, 0.25) is 0 Å². The fraction of sp³-hybridized carbons (Fsp3) is 0.483. The summed E-state index contributed by atoms with van der Waals surface area (Å²) in [4.78, 5) is 33.9. The van der Waals surface area contributed by atoms with Gasteiger partial charge in [0.2, 0.25) is 0 Å². The molecule has 2 bridgehead atoms. The predicted octanol–water partition coefficient (Wildman–Crippen LogP) is 3.69. The second kappa shape index (κ2) is 9.47. The van der Waals surface area contributed by atoms with Crippen LogP contribution in [-0.2, 0) is 11.3 Å². The third-order valence-corrected chi connectivity index (χ3v) is 8.83. The lowest BCUT2D eigenvalue weighted by atomic mass is 9.65. The molecule has 4 heterocycles. The molecular weight excluding hydrogens is 487 g/mol. The summed E-state index contributed by atoms with van der Waals surface area (Å²) in [6.07, 6.45) is 5.41. The Morgan fingerprint density at radius 3 is 2.55 bits per heavy atom. The Labute approximate surface area is 220 Å². The third kappa shape index (κ3) is 4.27. The van der Waals surface area contributed by atoms with Crippen LogP contribution in [0, 0.1) is 11.2 Å². The Morgan fingerprint density at radius 1 is 1.18 bits per heavy atom. The molecule has 1 saturated carbocycles. The average molecular weight is 521 g/mol. The third-order valence-electron chi connectivity index (χ3n) is 8.83. The maximum atomic E-state index is 13.7. The second-order valence-electron chi connectivity index (χ2n) is 11.3. The minimum absolute atomic E-state index is 0.0282. The van der Waals surface area contributed by atoms with Gasteiger partial charge < -0.3 is 15.2 Å². The van der Waals surface area contributed by atoms with Gasteiger partial charge in [-0.1, -0.05) is 32.4 Å². The summed E-state index contributed by atoms with van der Waals surface area (Å²) < 4.78 is 20.6. The number of halogens is 1. The van der Waals surface area contributed by atoms with E-state index in [-0.39, 0.29) is 28.6 Å². The Kier molecular flexibility index (Phi) is 6.23. The summed E-state index contributed by atoms with van der Waals surface area (Å²) >= 11 is 0. The Hall–Kier alpha value is -3.30.